The van der Waals surface area contributed by atoms with Crippen LogP contribution in [0.3, 0.4) is 0 Å². The molecule has 0 aromatic rings. The summed E-state index contributed by atoms with van der Waals surface area (Å²) in [6.45, 7) is 8.36. The van der Waals surface area contributed by atoms with Crippen molar-refractivity contribution in [1.82, 2.24) is 0 Å². The molecule has 2 fully saturated rings. The number of aliphatic hydroxyl groups is 1. The van der Waals surface area contributed by atoms with Gasteiger partial charge in [0.2, 0.25) is 0 Å². The first-order valence-corrected chi connectivity index (χ1v) is 10.9. The Hall–Kier alpha value is -2.41. The number of hydrogen-bond acceptors (Lipinski definition) is 6. The fourth-order valence-corrected chi connectivity index (χ4v) is 5.94. The highest BCUT2D eigenvalue weighted by atomic mass is 16.5. The Bertz CT molecular complexity index is 826. The lowest BCUT2D eigenvalue weighted by Crippen LogP contribution is -2.58. The molecular formula is C24H32O7. The summed E-state index contributed by atoms with van der Waals surface area (Å²) >= 11 is 0. The van der Waals surface area contributed by atoms with Crippen LogP contribution >= 0.6 is 0 Å². The fourth-order valence-electron chi connectivity index (χ4n) is 5.94. The highest BCUT2D eigenvalue weighted by Gasteiger charge is 2.58. The van der Waals surface area contributed by atoms with Gasteiger partial charge in [-0.1, -0.05) is 32.1 Å². The normalized spacial score (nSPS) is 36.2. The van der Waals surface area contributed by atoms with Gasteiger partial charge in [-0.25, -0.2) is 4.79 Å². The number of ether oxygens (including phenoxy) is 2. The second-order valence-electron chi connectivity index (χ2n) is 9.49. The van der Waals surface area contributed by atoms with Crippen molar-refractivity contribution in [3.05, 3.63) is 36.1 Å². The number of carboxylic acids is 1. The summed E-state index contributed by atoms with van der Waals surface area (Å²) in [6.07, 6.45) is 7.74. The Balaban J connectivity index is 1.80. The van der Waals surface area contributed by atoms with E-state index in [-0.39, 0.29) is 42.7 Å². The van der Waals surface area contributed by atoms with Crippen LogP contribution in [0.1, 0.15) is 58.8 Å². The van der Waals surface area contributed by atoms with Crippen LogP contribution in [0.5, 0.6) is 0 Å². The number of aliphatic hydroxyl groups excluding tert-OH is 1. The molecule has 3 aliphatic rings. The number of aliphatic carboxylic acids is 1. The summed E-state index contributed by atoms with van der Waals surface area (Å²) in [5.74, 6) is -1.70. The molecule has 0 aromatic carbocycles. The summed E-state index contributed by atoms with van der Waals surface area (Å²) in [7, 11) is 0. The highest BCUT2D eigenvalue weighted by molar-refractivity contribution is 5.94. The van der Waals surface area contributed by atoms with E-state index in [9.17, 15) is 19.5 Å². The molecule has 3 rings (SSSR count). The number of fused-ring (bicyclic) bond motifs is 1. The third-order valence-electron chi connectivity index (χ3n) is 7.71. The average molecular weight is 433 g/mol. The number of hydrogen-bond donors (Lipinski definition) is 2. The van der Waals surface area contributed by atoms with Crippen LogP contribution in [-0.2, 0) is 23.9 Å². The Morgan fingerprint density at radius 3 is 2.68 bits per heavy atom. The molecular weight excluding hydrogens is 400 g/mol. The van der Waals surface area contributed by atoms with Gasteiger partial charge in [-0.15, -0.1) is 0 Å². The third kappa shape index (κ3) is 4.47. The van der Waals surface area contributed by atoms with E-state index >= 15 is 0 Å². The number of allylic oxidation sites excluding steroid dienone is 2. The van der Waals surface area contributed by atoms with E-state index in [1.165, 1.54) is 6.26 Å². The predicted octanol–water partition coefficient (Wildman–Crippen LogP) is 3.53. The molecule has 2 saturated carbocycles. The van der Waals surface area contributed by atoms with Gasteiger partial charge < -0.3 is 19.7 Å². The molecule has 7 heteroatoms. The van der Waals surface area contributed by atoms with Crippen LogP contribution in [0.2, 0.25) is 0 Å². The topological polar surface area (TPSA) is 110 Å². The highest BCUT2D eigenvalue weighted by Crippen LogP contribution is 2.62. The molecule has 5 atom stereocenters. The van der Waals surface area contributed by atoms with Crippen molar-refractivity contribution in [2.45, 2.75) is 64.9 Å². The number of rotatable bonds is 7. The maximum atomic E-state index is 12.2. The maximum absolute atomic E-state index is 12.2. The first kappa shape index (κ1) is 23.3. The summed E-state index contributed by atoms with van der Waals surface area (Å²) in [5.41, 5.74) is 0.886. The number of carbonyl (C=O) groups is 3. The minimum atomic E-state index is -1.04. The lowest BCUT2D eigenvalue weighted by atomic mass is 9.46. The van der Waals surface area contributed by atoms with E-state index in [4.69, 9.17) is 14.6 Å². The van der Waals surface area contributed by atoms with Crippen molar-refractivity contribution in [3.63, 3.8) is 0 Å². The standard InChI is InChI=1S/C24H32O7/c1-15-4-7-18-23(2,17(15)6-5-16-11-13-30-22(16)29)12-10-19(24(18,3)14-25)31-21(28)9-8-20(26)27/h5,11,13,17-19,25H,1,4,6-10,12,14H2,2-3H3,(H,26,27)/t17?,18?,19-,23+,24+/m1/s1. The predicted molar refractivity (Wildman–Crippen MR) is 113 cm³/mol. The van der Waals surface area contributed by atoms with Crippen molar-refractivity contribution in [1.29, 1.82) is 0 Å². The smallest absolute Gasteiger partial charge is 0.342 e. The van der Waals surface area contributed by atoms with Crippen molar-refractivity contribution in [3.8, 4) is 0 Å². The van der Waals surface area contributed by atoms with Crippen LogP contribution in [-0.4, -0.2) is 40.8 Å². The molecule has 0 bridgehead atoms. The second-order valence-corrected chi connectivity index (χ2v) is 9.49. The fraction of sp³-hybridized carbons (Fsp3) is 0.625. The largest absolute Gasteiger partial charge is 0.481 e. The van der Waals surface area contributed by atoms with Gasteiger partial charge in [-0.3, -0.25) is 9.59 Å². The molecule has 0 radical (unpaired) electrons. The summed E-state index contributed by atoms with van der Waals surface area (Å²) in [4.78, 5) is 34.8. The quantitative estimate of drug-likeness (QED) is 0.360. The van der Waals surface area contributed by atoms with Crippen molar-refractivity contribution in [2.24, 2.45) is 22.7 Å². The molecule has 31 heavy (non-hydrogen) atoms. The Kier molecular flexibility index (Phi) is 6.74. The lowest BCUT2D eigenvalue weighted by Gasteiger charge is -2.60. The molecule has 0 amide bonds. The molecule has 0 spiro atoms. The average Bonchev–Trinajstić information content (AvgIpc) is 3.13. The molecule has 0 aromatic heterocycles. The first-order valence-electron chi connectivity index (χ1n) is 10.9. The van der Waals surface area contributed by atoms with Gasteiger partial charge in [0, 0.05) is 5.41 Å². The molecule has 1 aliphatic heterocycles. The van der Waals surface area contributed by atoms with Gasteiger partial charge in [-0.2, -0.15) is 0 Å². The zero-order valence-electron chi connectivity index (χ0n) is 18.3. The number of cyclic esters (lactones) is 1. The van der Waals surface area contributed by atoms with Crippen molar-refractivity contribution < 1.29 is 34.1 Å². The number of esters is 2. The van der Waals surface area contributed by atoms with Gasteiger partial charge in [0.15, 0.2) is 0 Å². The van der Waals surface area contributed by atoms with E-state index in [2.05, 4.69) is 13.5 Å². The van der Waals surface area contributed by atoms with Gasteiger partial charge in [0.25, 0.3) is 0 Å². The minimum Gasteiger partial charge on any atom is -0.481 e. The van der Waals surface area contributed by atoms with Crippen LogP contribution in [0.25, 0.3) is 0 Å². The van der Waals surface area contributed by atoms with Gasteiger partial charge >= 0.3 is 17.9 Å². The van der Waals surface area contributed by atoms with E-state index in [1.54, 1.807) is 6.08 Å². The van der Waals surface area contributed by atoms with Crippen LogP contribution in [0.15, 0.2) is 36.1 Å². The van der Waals surface area contributed by atoms with Crippen LogP contribution in [0.4, 0.5) is 0 Å². The molecule has 2 unspecified atom stereocenters. The van der Waals surface area contributed by atoms with Crippen molar-refractivity contribution in [2.75, 3.05) is 6.61 Å². The molecule has 1 heterocycles. The maximum Gasteiger partial charge on any atom is 0.342 e. The zero-order chi connectivity index (χ0) is 22.8. The second kappa shape index (κ2) is 8.99. The van der Waals surface area contributed by atoms with Crippen LogP contribution < -0.4 is 0 Å². The first-order chi connectivity index (χ1) is 14.6. The molecule has 0 saturated heterocycles. The number of carboxylic acid groups (broad SMARTS) is 1. The van der Waals surface area contributed by atoms with Crippen molar-refractivity contribution >= 4 is 17.9 Å². The molecule has 170 valence electrons. The number of carbonyl (C=O) groups excluding carboxylic acids is 2. The Labute approximate surface area is 182 Å². The van der Waals surface area contributed by atoms with Gasteiger partial charge in [0.1, 0.15) is 6.10 Å². The zero-order valence-corrected chi connectivity index (χ0v) is 18.3. The van der Waals surface area contributed by atoms with E-state index in [0.717, 1.165) is 24.8 Å². The summed E-state index contributed by atoms with van der Waals surface area (Å²) in [5, 5.41) is 19.2. The van der Waals surface area contributed by atoms with E-state index < -0.39 is 23.5 Å². The monoisotopic (exact) mass is 432 g/mol. The Morgan fingerprint density at radius 1 is 1.32 bits per heavy atom. The lowest BCUT2D eigenvalue weighted by molar-refractivity contribution is -0.187. The SMILES string of the molecule is C=C1CCC2[C@@](C)(CC[C@@H](OC(=O)CCC(=O)O)[C@@]2(C)CO)C1CC=C1C=COC1=O. The summed E-state index contributed by atoms with van der Waals surface area (Å²) < 4.78 is 10.6. The molecule has 2 aliphatic carbocycles. The van der Waals surface area contributed by atoms with E-state index in [0.29, 0.717) is 18.4 Å². The molecule has 7 nitrogen and oxygen atoms in total. The molecule has 2 N–H and O–H groups in total. The van der Waals surface area contributed by atoms with E-state index in [1.807, 2.05) is 13.0 Å². The third-order valence-corrected chi connectivity index (χ3v) is 7.71. The van der Waals surface area contributed by atoms with Gasteiger partial charge in [-0.05, 0) is 55.4 Å². The van der Waals surface area contributed by atoms with Crippen LogP contribution in [0, 0.1) is 22.7 Å². The van der Waals surface area contributed by atoms with Gasteiger partial charge in [0.05, 0.1) is 31.3 Å². The summed E-state index contributed by atoms with van der Waals surface area (Å²) in [6, 6.07) is 0. The Morgan fingerprint density at radius 2 is 2.06 bits per heavy atom. The minimum absolute atomic E-state index is 0.0935.